The van der Waals surface area contributed by atoms with Gasteiger partial charge in [-0.15, -0.1) is 10.2 Å². The van der Waals surface area contributed by atoms with E-state index in [2.05, 4.69) is 51.6 Å². The fourth-order valence-corrected chi connectivity index (χ4v) is 4.48. The summed E-state index contributed by atoms with van der Waals surface area (Å²) >= 11 is 1.59. The Morgan fingerprint density at radius 2 is 2.03 bits per heavy atom. The van der Waals surface area contributed by atoms with Crippen molar-refractivity contribution >= 4 is 17.2 Å². The normalized spacial score (nSPS) is 16.4. The van der Waals surface area contributed by atoms with Gasteiger partial charge in [0, 0.05) is 30.3 Å². The van der Waals surface area contributed by atoms with Crippen molar-refractivity contribution in [3.05, 3.63) is 58.6 Å². The van der Waals surface area contributed by atoms with Gasteiger partial charge in [0.15, 0.2) is 0 Å². The summed E-state index contributed by atoms with van der Waals surface area (Å²) in [4.78, 5) is 15.0. The second-order valence-electron chi connectivity index (χ2n) is 7.96. The molecule has 0 saturated carbocycles. The fourth-order valence-electron chi connectivity index (χ4n) is 3.85. The van der Waals surface area contributed by atoms with E-state index in [1.54, 1.807) is 11.3 Å². The van der Waals surface area contributed by atoms with Crippen molar-refractivity contribution in [2.75, 3.05) is 19.6 Å². The first-order chi connectivity index (χ1) is 14.7. The first-order valence-corrected chi connectivity index (χ1v) is 11.5. The molecule has 3 heterocycles. The zero-order valence-corrected chi connectivity index (χ0v) is 18.1. The molecule has 30 heavy (non-hydrogen) atoms. The smallest absolute Gasteiger partial charge is 0.248 e. The van der Waals surface area contributed by atoms with Crippen LogP contribution in [-0.4, -0.2) is 40.6 Å². The van der Waals surface area contributed by atoms with Gasteiger partial charge in [-0.1, -0.05) is 37.3 Å². The van der Waals surface area contributed by atoms with Crippen LogP contribution in [-0.2, 0) is 11.2 Å². The van der Waals surface area contributed by atoms with Crippen molar-refractivity contribution in [3.63, 3.8) is 0 Å². The molecule has 7 heteroatoms. The summed E-state index contributed by atoms with van der Waals surface area (Å²) in [5.74, 6) is 1.79. The first kappa shape index (κ1) is 20.8. The standard InChI is InChI=1S/C23H28N4O2S/c1-17-9-12-27(13-10-17)20(18-5-3-2-4-6-18)15-24-21(28)7-8-22-25-26-23(29-22)19-11-14-30-16-19/h2-6,11,14,16-17,20H,7-10,12-13,15H2,1H3,(H,24,28). The maximum absolute atomic E-state index is 12.5. The van der Waals surface area contributed by atoms with Crippen molar-refractivity contribution in [2.45, 2.75) is 38.6 Å². The molecule has 158 valence electrons. The van der Waals surface area contributed by atoms with Gasteiger partial charge in [0.1, 0.15) is 0 Å². The molecule has 1 atom stereocenters. The molecule has 0 bridgehead atoms. The number of carbonyl (C=O) groups excluding carboxylic acids is 1. The topological polar surface area (TPSA) is 71.3 Å². The van der Waals surface area contributed by atoms with E-state index in [9.17, 15) is 4.79 Å². The maximum atomic E-state index is 12.5. The number of rotatable bonds is 8. The molecular weight excluding hydrogens is 396 g/mol. The Balaban J connectivity index is 1.31. The van der Waals surface area contributed by atoms with Crippen LogP contribution in [0.3, 0.4) is 0 Å². The van der Waals surface area contributed by atoms with Crippen LogP contribution in [0.5, 0.6) is 0 Å². The minimum atomic E-state index is 0.0107. The number of aryl methyl sites for hydroxylation is 1. The molecule has 2 aromatic heterocycles. The molecule has 3 aromatic rings. The van der Waals surface area contributed by atoms with Gasteiger partial charge in [-0.2, -0.15) is 11.3 Å². The van der Waals surface area contributed by atoms with Crippen LogP contribution in [0.15, 0.2) is 51.6 Å². The number of nitrogens with zero attached hydrogens (tertiary/aromatic N) is 3. The molecular formula is C23H28N4O2S. The number of piperidine rings is 1. The van der Waals surface area contributed by atoms with Crippen LogP contribution in [0, 0.1) is 5.92 Å². The average molecular weight is 425 g/mol. The Morgan fingerprint density at radius 3 is 2.77 bits per heavy atom. The van der Waals surface area contributed by atoms with Crippen molar-refractivity contribution in [2.24, 2.45) is 5.92 Å². The molecule has 1 amide bonds. The van der Waals surface area contributed by atoms with E-state index < -0.39 is 0 Å². The summed E-state index contributed by atoms with van der Waals surface area (Å²) in [6, 6.07) is 12.6. The Kier molecular flexibility index (Phi) is 6.92. The van der Waals surface area contributed by atoms with Crippen LogP contribution in [0.4, 0.5) is 0 Å². The number of carbonyl (C=O) groups is 1. The predicted molar refractivity (Wildman–Crippen MR) is 118 cm³/mol. The Bertz CT molecular complexity index is 918. The quantitative estimate of drug-likeness (QED) is 0.583. The van der Waals surface area contributed by atoms with Crippen molar-refractivity contribution < 1.29 is 9.21 Å². The highest BCUT2D eigenvalue weighted by molar-refractivity contribution is 7.08. The van der Waals surface area contributed by atoms with Crippen LogP contribution < -0.4 is 5.32 Å². The summed E-state index contributed by atoms with van der Waals surface area (Å²) in [6.45, 7) is 5.08. The van der Waals surface area contributed by atoms with Crippen molar-refractivity contribution in [1.29, 1.82) is 0 Å². The Labute approximate surface area is 181 Å². The summed E-state index contributed by atoms with van der Waals surface area (Å²) in [6.07, 6.45) is 3.20. The van der Waals surface area contributed by atoms with Crippen LogP contribution >= 0.6 is 11.3 Å². The van der Waals surface area contributed by atoms with Gasteiger partial charge in [-0.05, 0) is 48.9 Å². The molecule has 0 spiro atoms. The molecule has 4 rings (SSSR count). The summed E-state index contributed by atoms with van der Waals surface area (Å²) in [5, 5.41) is 15.2. The SMILES string of the molecule is CC1CCN(C(CNC(=O)CCc2nnc(-c3ccsc3)o2)c2ccccc2)CC1. The van der Waals surface area contributed by atoms with Crippen molar-refractivity contribution in [3.8, 4) is 11.5 Å². The highest BCUT2D eigenvalue weighted by Gasteiger charge is 2.25. The van der Waals surface area contributed by atoms with E-state index in [-0.39, 0.29) is 11.9 Å². The van der Waals surface area contributed by atoms with E-state index >= 15 is 0 Å². The lowest BCUT2D eigenvalue weighted by Crippen LogP contribution is -2.42. The van der Waals surface area contributed by atoms with Crippen molar-refractivity contribution in [1.82, 2.24) is 20.4 Å². The number of hydrogen-bond acceptors (Lipinski definition) is 6. The molecule has 1 aliphatic rings. The molecule has 1 saturated heterocycles. The number of benzene rings is 1. The van der Waals surface area contributed by atoms with E-state index in [0.717, 1.165) is 24.6 Å². The minimum absolute atomic E-state index is 0.0107. The lowest BCUT2D eigenvalue weighted by atomic mass is 9.95. The third-order valence-corrected chi connectivity index (χ3v) is 6.42. The summed E-state index contributed by atoms with van der Waals surface area (Å²) < 4.78 is 5.67. The third-order valence-electron chi connectivity index (χ3n) is 5.74. The number of hydrogen-bond donors (Lipinski definition) is 1. The third kappa shape index (κ3) is 5.34. The lowest BCUT2D eigenvalue weighted by molar-refractivity contribution is -0.121. The van der Waals surface area contributed by atoms with Gasteiger partial charge in [0.25, 0.3) is 0 Å². The molecule has 1 unspecified atom stereocenters. The molecule has 1 aliphatic heterocycles. The number of nitrogens with one attached hydrogen (secondary N) is 1. The van der Waals surface area contributed by atoms with Gasteiger partial charge in [-0.25, -0.2) is 0 Å². The fraction of sp³-hybridized carbons (Fsp3) is 0.435. The second-order valence-corrected chi connectivity index (χ2v) is 8.74. The molecule has 6 nitrogen and oxygen atoms in total. The molecule has 1 aromatic carbocycles. The Hall–Kier alpha value is -2.51. The number of likely N-dealkylation sites (tertiary alicyclic amines) is 1. The average Bonchev–Trinajstić information content (AvgIpc) is 3.46. The van der Waals surface area contributed by atoms with Gasteiger partial charge in [0.05, 0.1) is 6.04 Å². The zero-order chi connectivity index (χ0) is 20.8. The van der Waals surface area contributed by atoms with Crippen LogP contribution in [0.2, 0.25) is 0 Å². The summed E-state index contributed by atoms with van der Waals surface area (Å²) in [5.41, 5.74) is 2.18. The number of aromatic nitrogens is 2. The van der Waals surface area contributed by atoms with Gasteiger partial charge in [0.2, 0.25) is 17.7 Å². The van der Waals surface area contributed by atoms with E-state index in [4.69, 9.17) is 4.42 Å². The Morgan fingerprint density at radius 1 is 1.23 bits per heavy atom. The first-order valence-electron chi connectivity index (χ1n) is 10.6. The van der Waals surface area contributed by atoms with Crippen LogP contribution in [0.25, 0.3) is 11.5 Å². The molecule has 1 fully saturated rings. The second kappa shape index (κ2) is 10.00. The molecule has 1 N–H and O–H groups in total. The number of amides is 1. The molecule has 0 radical (unpaired) electrons. The highest BCUT2D eigenvalue weighted by Crippen LogP contribution is 2.26. The van der Waals surface area contributed by atoms with E-state index in [1.807, 2.05) is 22.9 Å². The lowest BCUT2D eigenvalue weighted by Gasteiger charge is -2.37. The van der Waals surface area contributed by atoms with Crippen LogP contribution in [0.1, 0.15) is 43.7 Å². The van der Waals surface area contributed by atoms with Gasteiger partial charge in [-0.3, -0.25) is 9.69 Å². The van der Waals surface area contributed by atoms with Gasteiger partial charge < -0.3 is 9.73 Å². The van der Waals surface area contributed by atoms with E-state index in [1.165, 1.54) is 18.4 Å². The largest absolute Gasteiger partial charge is 0.421 e. The maximum Gasteiger partial charge on any atom is 0.248 e. The highest BCUT2D eigenvalue weighted by atomic mass is 32.1. The summed E-state index contributed by atoms with van der Waals surface area (Å²) in [7, 11) is 0. The monoisotopic (exact) mass is 424 g/mol. The van der Waals surface area contributed by atoms with E-state index in [0.29, 0.717) is 31.2 Å². The molecule has 0 aliphatic carbocycles. The number of thiophene rings is 1. The van der Waals surface area contributed by atoms with Gasteiger partial charge >= 0.3 is 0 Å². The zero-order valence-electron chi connectivity index (χ0n) is 17.3. The predicted octanol–water partition coefficient (Wildman–Crippen LogP) is 4.32. The minimum Gasteiger partial charge on any atom is -0.421 e.